The highest BCUT2D eigenvalue weighted by Gasteiger charge is 2.05. The molecule has 13 heavy (non-hydrogen) atoms. The number of carbonyl (C=O) groups is 2. The quantitative estimate of drug-likeness (QED) is 0.358. The van der Waals surface area contributed by atoms with Crippen molar-refractivity contribution in [3.05, 3.63) is 0 Å². The summed E-state index contributed by atoms with van der Waals surface area (Å²) >= 11 is 0. The average molecular weight is 188 g/mol. The molecule has 0 spiro atoms. The number of nitrogens with one attached hydrogen (secondary N) is 2. The fourth-order valence-electron chi connectivity index (χ4n) is 0.621. The third-order valence-electron chi connectivity index (χ3n) is 1.35. The van der Waals surface area contributed by atoms with E-state index in [0.717, 1.165) is 0 Å². The minimum absolute atomic E-state index is 0.0404. The zero-order valence-corrected chi connectivity index (χ0v) is 7.67. The van der Waals surface area contributed by atoms with Crippen molar-refractivity contribution in [2.45, 2.75) is 13.0 Å². The summed E-state index contributed by atoms with van der Waals surface area (Å²) < 4.78 is 0. The smallest absolute Gasteiger partial charge is 0.236 e. The van der Waals surface area contributed by atoms with E-state index in [-0.39, 0.29) is 18.4 Å². The first-order valence-electron chi connectivity index (χ1n) is 4.08. The van der Waals surface area contributed by atoms with Gasteiger partial charge in [-0.15, -0.1) is 0 Å². The molecule has 0 fully saturated rings. The molecule has 0 heterocycles. The molecular weight excluding hydrogens is 172 g/mol. The van der Waals surface area contributed by atoms with Crippen LogP contribution in [0.3, 0.4) is 0 Å². The van der Waals surface area contributed by atoms with Crippen LogP contribution in [0.2, 0.25) is 0 Å². The maximum absolute atomic E-state index is 10.9. The highest BCUT2D eigenvalue weighted by Crippen LogP contribution is 1.73. The Hall–Kier alpha value is -1.14. The van der Waals surface area contributed by atoms with Crippen LogP contribution in [0, 0.1) is 0 Å². The molecule has 0 aromatic heterocycles. The second kappa shape index (κ2) is 6.38. The molecule has 1 unspecified atom stereocenters. The lowest BCUT2D eigenvalue weighted by atomic mass is 10.3. The molecule has 76 valence electrons. The lowest BCUT2D eigenvalue weighted by Gasteiger charge is -2.07. The van der Waals surface area contributed by atoms with Gasteiger partial charge in [0.2, 0.25) is 11.8 Å². The van der Waals surface area contributed by atoms with Gasteiger partial charge in [0.05, 0.1) is 12.6 Å². The van der Waals surface area contributed by atoms with Crippen molar-refractivity contribution in [1.82, 2.24) is 10.6 Å². The SMILES string of the molecule is CC(N)C(=O)NCCNC(=O)CN. The van der Waals surface area contributed by atoms with E-state index in [1.54, 1.807) is 6.92 Å². The Bertz CT molecular complexity index is 181. The molecule has 0 rings (SSSR count). The summed E-state index contributed by atoms with van der Waals surface area (Å²) in [4.78, 5) is 21.5. The second-order valence-corrected chi connectivity index (χ2v) is 2.63. The van der Waals surface area contributed by atoms with Crippen LogP contribution in [0.25, 0.3) is 0 Å². The van der Waals surface area contributed by atoms with E-state index in [0.29, 0.717) is 13.1 Å². The summed E-state index contributed by atoms with van der Waals surface area (Å²) in [5.41, 5.74) is 10.3. The molecule has 6 N–H and O–H groups in total. The zero-order valence-electron chi connectivity index (χ0n) is 7.67. The standard InChI is InChI=1S/C7H16N4O2/c1-5(9)7(13)11-3-2-10-6(12)4-8/h5H,2-4,8-9H2,1H3,(H,10,12)(H,11,13). The average Bonchev–Trinajstić information content (AvgIpc) is 2.11. The maximum atomic E-state index is 10.9. The highest BCUT2D eigenvalue weighted by atomic mass is 16.2. The third-order valence-corrected chi connectivity index (χ3v) is 1.35. The first kappa shape index (κ1) is 11.9. The normalized spacial score (nSPS) is 11.9. The van der Waals surface area contributed by atoms with Crippen LogP contribution in [0.1, 0.15) is 6.92 Å². The van der Waals surface area contributed by atoms with Gasteiger partial charge in [0.1, 0.15) is 0 Å². The Balaban J connectivity index is 3.36. The van der Waals surface area contributed by atoms with Crippen molar-refractivity contribution >= 4 is 11.8 Å². The van der Waals surface area contributed by atoms with Gasteiger partial charge in [0.15, 0.2) is 0 Å². The first-order valence-corrected chi connectivity index (χ1v) is 4.08. The Morgan fingerprint density at radius 2 is 1.85 bits per heavy atom. The van der Waals surface area contributed by atoms with Gasteiger partial charge in [0, 0.05) is 13.1 Å². The number of hydrogen-bond donors (Lipinski definition) is 4. The largest absolute Gasteiger partial charge is 0.353 e. The van der Waals surface area contributed by atoms with Gasteiger partial charge in [-0.25, -0.2) is 0 Å². The van der Waals surface area contributed by atoms with Crippen molar-refractivity contribution < 1.29 is 9.59 Å². The van der Waals surface area contributed by atoms with Crippen LogP contribution in [-0.4, -0.2) is 37.5 Å². The Labute approximate surface area is 77.0 Å². The summed E-state index contributed by atoms with van der Waals surface area (Å²) in [7, 11) is 0. The Morgan fingerprint density at radius 1 is 1.31 bits per heavy atom. The fourth-order valence-corrected chi connectivity index (χ4v) is 0.621. The molecule has 2 amide bonds. The van der Waals surface area contributed by atoms with E-state index in [1.807, 2.05) is 0 Å². The van der Waals surface area contributed by atoms with Crippen LogP contribution in [0.5, 0.6) is 0 Å². The van der Waals surface area contributed by atoms with Crippen LogP contribution >= 0.6 is 0 Å². The zero-order chi connectivity index (χ0) is 10.3. The van der Waals surface area contributed by atoms with Gasteiger partial charge in [-0.2, -0.15) is 0 Å². The number of nitrogens with two attached hydrogens (primary N) is 2. The van der Waals surface area contributed by atoms with E-state index in [1.165, 1.54) is 0 Å². The predicted molar refractivity (Wildman–Crippen MR) is 48.7 cm³/mol. The third kappa shape index (κ3) is 6.06. The molecule has 0 saturated carbocycles. The van der Waals surface area contributed by atoms with Gasteiger partial charge in [-0.3, -0.25) is 9.59 Å². The molecule has 0 aromatic carbocycles. The van der Waals surface area contributed by atoms with Crippen LogP contribution in [-0.2, 0) is 9.59 Å². The van der Waals surface area contributed by atoms with E-state index in [9.17, 15) is 9.59 Å². The monoisotopic (exact) mass is 188 g/mol. The van der Waals surface area contributed by atoms with Gasteiger partial charge in [-0.1, -0.05) is 0 Å². The highest BCUT2D eigenvalue weighted by molar-refractivity contribution is 5.81. The molecule has 0 aliphatic heterocycles. The van der Waals surface area contributed by atoms with E-state index in [2.05, 4.69) is 10.6 Å². The molecule has 0 radical (unpaired) electrons. The molecule has 0 bridgehead atoms. The molecule has 0 aliphatic rings. The number of carbonyl (C=O) groups excluding carboxylic acids is 2. The summed E-state index contributed by atoms with van der Waals surface area (Å²) in [5.74, 6) is -0.475. The number of amides is 2. The van der Waals surface area contributed by atoms with Gasteiger partial charge >= 0.3 is 0 Å². The summed E-state index contributed by atoms with van der Waals surface area (Å²) in [5, 5.41) is 5.05. The molecule has 6 nitrogen and oxygen atoms in total. The van der Waals surface area contributed by atoms with E-state index < -0.39 is 6.04 Å². The summed E-state index contributed by atoms with van der Waals surface area (Å²) in [6.07, 6.45) is 0. The Kier molecular flexibility index (Phi) is 5.82. The first-order chi connectivity index (χ1) is 6.07. The van der Waals surface area contributed by atoms with Gasteiger partial charge < -0.3 is 22.1 Å². The van der Waals surface area contributed by atoms with Crippen molar-refractivity contribution in [2.75, 3.05) is 19.6 Å². The minimum Gasteiger partial charge on any atom is -0.353 e. The minimum atomic E-state index is -0.523. The van der Waals surface area contributed by atoms with Crippen molar-refractivity contribution in [3.8, 4) is 0 Å². The maximum Gasteiger partial charge on any atom is 0.236 e. The topological polar surface area (TPSA) is 110 Å². The summed E-state index contributed by atoms with van der Waals surface area (Å²) in [6, 6.07) is -0.523. The number of rotatable bonds is 5. The number of hydrogen-bond acceptors (Lipinski definition) is 4. The van der Waals surface area contributed by atoms with Crippen molar-refractivity contribution in [1.29, 1.82) is 0 Å². The van der Waals surface area contributed by atoms with Crippen LogP contribution in [0.4, 0.5) is 0 Å². The fraction of sp³-hybridized carbons (Fsp3) is 0.714. The second-order valence-electron chi connectivity index (χ2n) is 2.63. The Morgan fingerprint density at radius 3 is 2.31 bits per heavy atom. The van der Waals surface area contributed by atoms with Gasteiger partial charge in [-0.05, 0) is 6.92 Å². The van der Waals surface area contributed by atoms with E-state index in [4.69, 9.17) is 11.5 Å². The van der Waals surface area contributed by atoms with Crippen molar-refractivity contribution in [3.63, 3.8) is 0 Å². The molecule has 1 atom stereocenters. The summed E-state index contributed by atoms with van der Waals surface area (Å²) in [6.45, 7) is 2.29. The lowest BCUT2D eigenvalue weighted by molar-refractivity contribution is -0.122. The molecular formula is C7H16N4O2. The molecule has 6 heteroatoms. The van der Waals surface area contributed by atoms with E-state index >= 15 is 0 Å². The van der Waals surface area contributed by atoms with Gasteiger partial charge in [0.25, 0.3) is 0 Å². The van der Waals surface area contributed by atoms with Crippen molar-refractivity contribution in [2.24, 2.45) is 11.5 Å². The molecule has 0 aromatic rings. The predicted octanol–water partition coefficient (Wildman–Crippen LogP) is -2.48. The lowest BCUT2D eigenvalue weighted by Crippen LogP contribution is -2.42. The molecule has 0 saturated heterocycles. The van der Waals surface area contributed by atoms with Crippen LogP contribution < -0.4 is 22.1 Å². The van der Waals surface area contributed by atoms with Crippen LogP contribution in [0.15, 0.2) is 0 Å². The molecule has 0 aliphatic carbocycles.